The van der Waals surface area contributed by atoms with Gasteiger partial charge in [0.2, 0.25) is 11.8 Å². The molecule has 0 bridgehead atoms. The van der Waals surface area contributed by atoms with E-state index in [1.807, 2.05) is 29.2 Å². The molecule has 0 unspecified atom stereocenters. The Labute approximate surface area is 223 Å². The Morgan fingerprint density at radius 3 is 2.18 bits per heavy atom. The van der Waals surface area contributed by atoms with Gasteiger partial charge in [-0.25, -0.2) is 0 Å². The monoisotopic (exact) mass is 524 g/mol. The summed E-state index contributed by atoms with van der Waals surface area (Å²) in [5, 5.41) is 0. The number of ether oxygens (including phenoxy) is 4. The van der Waals surface area contributed by atoms with Crippen LogP contribution in [0.15, 0.2) is 42.5 Å². The summed E-state index contributed by atoms with van der Waals surface area (Å²) < 4.78 is 21.5. The third-order valence-corrected chi connectivity index (χ3v) is 7.44. The van der Waals surface area contributed by atoms with Crippen LogP contribution in [0.5, 0.6) is 17.2 Å². The van der Waals surface area contributed by atoms with Gasteiger partial charge in [0.15, 0.2) is 11.5 Å². The summed E-state index contributed by atoms with van der Waals surface area (Å²) in [6.07, 6.45) is 1.82. The van der Waals surface area contributed by atoms with Gasteiger partial charge in [0.05, 0.1) is 45.8 Å². The van der Waals surface area contributed by atoms with E-state index in [9.17, 15) is 14.4 Å². The second-order valence-corrected chi connectivity index (χ2v) is 9.52. The molecule has 0 saturated carbocycles. The zero-order chi connectivity index (χ0) is 27.2. The normalized spacial score (nSPS) is 20.2. The van der Waals surface area contributed by atoms with Crippen molar-refractivity contribution in [2.45, 2.75) is 38.6 Å². The van der Waals surface area contributed by atoms with E-state index in [1.165, 1.54) is 0 Å². The third kappa shape index (κ3) is 5.56. The number of hydrogen-bond acceptors (Lipinski definition) is 7. The number of hydrogen-bond donors (Lipinski definition) is 0. The number of benzene rings is 2. The van der Waals surface area contributed by atoms with E-state index in [-0.39, 0.29) is 30.1 Å². The fourth-order valence-corrected chi connectivity index (χ4v) is 5.45. The maximum absolute atomic E-state index is 14.0. The second kappa shape index (κ2) is 12.2. The molecule has 9 nitrogen and oxygen atoms in total. The number of nitrogens with zero attached hydrogens (tertiary/aromatic N) is 2. The predicted molar refractivity (Wildman–Crippen MR) is 141 cm³/mol. The highest BCUT2D eigenvalue weighted by Crippen LogP contribution is 2.43. The van der Waals surface area contributed by atoms with E-state index in [4.69, 9.17) is 18.9 Å². The highest BCUT2D eigenvalue weighted by Gasteiger charge is 2.44. The Morgan fingerprint density at radius 2 is 1.58 bits per heavy atom. The number of carbonyl (C=O) groups is 3. The lowest BCUT2D eigenvalue weighted by Gasteiger charge is -2.43. The van der Waals surface area contributed by atoms with Gasteiger partial charge in [-0.15, -0.1) is 0 Å². The minimum atomic E-state index is -0.542. The molecule has 2 heterocycles. The van der Waals surface area contributed by atoms with Crippen molar-refractivity contribution in [3.8, 4) is 17.2 Å². The fourth-order valence-electron chi connectivity index (χ4n) is 5.45. The van der Waals surface area contributed by atoms with E-state index < -0.39 is 12.0 Å². The number of methoxy groups -OCH3 is 3. The smallest absolute Gasteiger partial charge is 0.309 e. The molecule has 0 spiro atoms. The molecule has 0 aliphatic carbocycles. The van der Waals surface area contributed by atoms with Gasteiger partial charge in [-0.05, 0) is 68.1 Å². The molecular formula is C29H36N2O7. The van der Waals surface area contributed by atoms with E-state index in [2.05, 4.69) is 0 Å². The topological polar surface area (TPSA) is 94.6 Å². The highest BCUT2D eigenvalue weighted by molar-refractivity contribution is 5.97. The van der Waals surface area contributed by atoms with Crippen molar-refractivity contribution < 1.29 is 33.3 Å². The van der Waals surface area contributed by atoms with Crippen LogP contribution in [-0.2, 0) is 19.1 Å². The van der Waals surface area contributed by atoms with Crippen LogP contribution >= 0.6 is 0 Å². The average Bonchev–Trinajstić information content (AvgIpc) is 2.96. The Balaban J connectivity index is 1.68. The SMILES string of the molecule is CCOC(=O)C1CCN(C(=O)[C@H]2CCC(=O)N(c3ccc(OC)cc3)[C@@H]2c2ccc(OC)c(OC)c2)CC1. The lowest BCUT2D eigenvalue weighted by Crippen LogP contribution is -2.51. The van der Waals surface area contributed by atoms with Crippen LogP contribution in [0.3, 0.4) is 0 Å². The minimum absolute atomic E-state index is 0.0156. The maximum atomic E-state index is 14.0. The summed E-state index contributed by atoms with van der Waals surface area (Å²) in [5.41, 5.74) is 1.47. The zero-order valence-electron chi connectivity index (χ0n) is 22.5. The summed E-state index contributed by atoms with van der Waals surface area (Å²) >= 11 is 0. The molecule has 38 heavy (non-hydrogen) atoms. The first kappa shape index (κ1) is 27.3. The zero-order valence-corrected chi connectivity index (χ0v) is 22.5. The molecule has 0 N–H and O–H groups in total. The third-order valence-electron chi connectivity index (χ3n) is 7.44. The number of carbonyl (C=O) groups excluding carboxylic acids is 3. The number of rotatable bonds is 8. The summed E-state index contributed by atoms with van der Waals surface area (Å²) in [6, 6.07) is 12.3. The summed E-state index contributed by atoms with van der Waals surface area (Å²) in [6.45, 7) is 3.11. The minimum Gasteiger partial charge on any atom is -0.497 e. The molecule has 2 saturated heterocycles. The van der Waals surface area contributed by atoms with Crippen LogP contribution in [-0.4, -0.2) is 63.7 Å². The van der Waals surface area contributed by atoms with Crippen molar-refractivity contribution in [2.75, 3.05) is 45.9 Å². The number of likely N-dealkylation sites (tertiary alicyclic amines) is 1. The lowest BCUT2D eigenvalue weighted by molar-refractivity contribution is -0.152. The molecule has 4 rings (SSSR count). The van der Waals surface area contributed by atoms with Crippen molar-refractivity contribution in [3.63, 3.8) is 0 Å². The quantitative estimate of drug-likeness (QED) is 0.482. The first-order chi connectivity index (χ1) is 18.4. The molecule has 2 amide bonds. The molecule has 0 radical (unpaired) electrons. The lowest BCUT2D eigenvalue weighted by atomic mass is 9.82. The average molecular weight is 525 g/mol. The molecule has 2 atom stereocenters. The predicted octanol–water partition coefficient (Wildman–Crippen LogP) is 4.00. The standard InChI is InChI=1S/C29H36N2O7/c1-5-38-29(34)19-14-16-30(17-15-19)28(33)23-11-13-26(32)31(21-7-9-22(35-2)10-8-21)27(23)20-6-12-24(36-3)25(18-20)37-4/h6-10,12,18-19,23,27H,5,11,13-17H2,1-4H3/t23-,27+/m0/s1. The number of piperidine rings is 2. The van der Waals surface area contributed by atoms with Crippen LogP contribution in [0.4, 0.5) is 5.69 Å². The molecule has 0 aromatic heterocycles. The Bertz CT molecular complexity index is 1140. The largest absolute Gasteiger partial charge is 0.497 e. The van der Waals surface area contributed by atoms with Crippen molar-refractivity contribution in [1.29, 1.82) is 0 Å². The fraction of sp³-hybridized carbons (Fsp3) is 0.483. The van der Waals surface area contributed by atoms with Crippen LogP contribution < -0.4 is 19.1 Å². The van der Waals surface area contributed by atoms with E-state index in [0.717, 1.165) is 5.56 Å². The maximum Gasteiger partial charge on any atom is 0.309 e. The van der Waals surface area contributed by atoms with Crippen molar-refractivity contribution in [2.24, 2.45) is 11.8 Å². The van der Waals surface area contributed by atoms with E-state index in [1.54, 1.807) is 51.4 Å². The Kier molecular flexibility index (Phi) is 8.76. The van der Waals surface area contributed by atoms with Gasteiger partial charge in [0, 0.05) is 25.2 Å². The number of esters is 1. The number of anilines is 1. The van der Waals surface area contributed by atoms with Crippen molar-refractivity contribution in [3.05, 3.63) is 48.0 Å². The van der Waals surface area contributed by atoms with Crippen LogP contribution in [0, 0.1) is 11.8 Å². The molecule has 2 aliphatic heterocycles. The van der Waals surface area contributed by atoms with Gasteiger partial charge in [0.25, 0.3) is 0 Å². The molecule has 204 valence electrons. The van der Waals surface area contributed by atoms with Gasteiger partial charge < -0.3 is 28.7 Å². The number of amides is 2. The van der Waals surface area contributed by atoms with Gasteiger partial charge in [-0.2, -0.15) is 0 Å². The molecule has 2 aromatic carbocycles. The summed E-state index contributed by atoms with van der Waals surface area (Å²) in [5.74, 6) is 0.849. The highest BCUT2D eigenvalue weighted by atomic mass is 16.5. The van der Waals surface area contributed by atoms with Crippen molar-refractivity contribution >= 4 is 23.5 Å². The van der Waals surface area contributed by atoms with Crippen molar-refractivity contribution in [1.82, 2.24) is 4.90 Å². The Hall–Kier alpha value is -3.75. The first-order valence-corrected chi connectivity index (χ1v) is 13.0. The summed E-state index contributed by atoms with van der Waals surface area (Å²) in [4.78, 5) is 43.2. The van der Waals surface area contributed by atoms with Crippen LogP contribution in [0.1, 0.15) is 44.2 Å². The van der Waals surface area contributed by atoms with Crippen LogP contribution in [0.25, 0.3) is 0 Å². The molecule has 2 fully saturated rings. The van der Waals surface area contributed by atoms with Gasteiger partial charge in [-0.1, -0.05) is 6.07 Å². The van der Waals surface area contributed by atoms with Crippen LogP contribution in [0.2, 0.25) is 0 Å². The molecule has 9 heteroatoms. The first-order valence-electron chi connectivity index (χ1n) is 13.0. The second-order valence-electron chi connectivity index (χ2n) is 9.52. The molecule has 2 aromatic rings. The van der Waals surface area contributed by atoms with Gasteiger partial charge in [-0.3, -0.25) is 14.4 Å². The van der Waals surface area contributed by atoms with E-state index in [0.29, 0.717) is 61.9 Å². The Morgan fingerprint density at radius 1 is 0.895 bits per heavy atom. The molecule has 2 aliphatic rings. The summed E-state index contributed by atoms with van der Waals surface area (Å²) in [7, 11) is 4.72. The molecular weight excluding hydrogens is 488 g/mol. The van der Waals surface area contributed by atoms with Gasteiger partial charge in [0.1, 0.15) is 5.75 Å². The van der Waals surface area contributed by atoms with E-state index >= 15 is 0 Å². The van der Waals surface area contributed by atoms with Gasteiger partial charge >= 0.3 is 5.97 Å².